The maximum atomic E-state index is 4.52. The van der Waals surface area contributed by atoms with Gasteiger partial charge in [-0.2, -0.15) is 4.98 Å². The van der Waals surface area contributed by atoms with Crippen LogP contribution in [0.2, 0.25) is 0 Å². The van der Waals surface area contributed by atoms with Crippen molar-refractivity contribution in [3.8, 4) is 0 Å². The van der Waals surface area contributed by atoms with E-state index >= 15 is 0 Å². The average Bonchev–Trinajstić information content (AvgIpc) is 3.13. The first kappa shape index (κ1) is 15.1. The molecular formula is C15H20N8. The topological polar surface area (TPSA) is 77.0 Å². The van der Waals surface area contributed by atoms with Crippen LogP contribution in [0.5, 0.6) is 0 Å². The second kappa shape index (κ2) is 5.79. The summed E-state index contributed by atoms with van der Waals surface area (Å²) in [5.41, 5.74) is 2.58. The molecule has 3 aromatic heterocycles. The van der Waals surface area contributed by atoms with Gasteiger partial charge in [0.2, 0.25) is 5.95 Å². The van der Waals surface area contributed by atoms with Gasteiger partial charge in [0.1, 0.15) is 0 Å². The van der Waals surface area contributed by atoms with E-state index in [0.29, 0.717) is 11.8 Å². The Bertz CT molecular complexity index is 832. The van der Waals surface area contributed by atoms with Gasteiger partial charge >= 0.3 is 0 Å². The highest BCUT2D eigenvalue weighted by atomic mass is 15.4. The van der Waals surface area contributed by atoms with Crippen molar-refractivity contribution in [3.63, 3.8) is 0 Å². The van der Waals surface area contributed by atoms with E-state index in [9.17, 15) is 0 Å². The molecule has 0 unspecified atom stereocenters. The van der Waals surface area contributed by atoms with Crippen LogP contribution in [-0.2, 0) is 6.54 Å². The van der Waals surface area contributed by atoms with Crippen LogP contribution in [-0.4, -0.2) is 48.4 Å². The Morgan fingerprint density at radius 2 is 1.91 bits per heavy atom. The third-order valence-electron chi connectivity index (χ3n) is 3.50. The number of fused-ring (bicyclic) bond motifs is 1. The fraction of sp³-hybridized carbons (Fsp3) is 0.400. The van der Waals surface area contributed by atoms with Crippen LogP contribution in [0.1, 0.15) is 30.0 Å². The molecule has 0 atom stereocenters. The summed E-state index contributed by atoms with van der Waals surface area (Å²) in [6.07, 6.45) is 5.53. The maximum absolute atomic E-state index is 4.52. The molecule has 0 aliphatic rings. The normalized spacial score (nSPS) is 11.7. The number of hydrogen-bond acceptors (Lipinski definition) is 6. The van der Waals surface area contributed by atoms with Gasteiger partial charge in [-0.3, -0.25) is 4.98 Å². The number of anilines is 1. The van der Waals surface area contributed by atoms with Crippen molar-refractivity contribution in [1.82, 2.24) is 34.3 Å². The van der Waals surface area contributed by atoms with E-state index in [1.165, 1.54) is 0 Å². The molecule has 8 nitrogen and oxygen atoms in total. The van der Waals surface area contributed by atoms with Crippen LogP contribution in [0.15, 0.2) is 6.20 Å². The predicted molar refractivity (Wildman–Crippen MR) is 89.2 cm³/mol. The number of aromatic nitrogens is 7. The van der Waals surface area contributed by atoms with Crippen molar-refractivity contribution in [3.05, 3.63) is 29.2 Å². The molecule has 0 fully saturated rings. The van der Waals surface area contributed by atoms with Gasteiger partial charge in [-0.25, -0.2) is 14.2 Å². The molecule has 0 amide bonds. The van der Waals surface area contributed by atoms with Crippen molar-refractivity contribution in [2.75, 3.05) is 19.0 Å². The van der Waals surface area contributed by atoms with E-state index in [0.717, 1.165) is 29.4 Å². The summed E-state index contributed by atoms with van der Waals surface area (Å²) in [6.45, 7) is 6.67. The van der Waals surface area contributed by atoms with Gasteiger partial charge in [-0.1, -0.05) is 0 Å². The summed E-state index contributed by atoms with van der Waals surface area (Å²) in [5.74, 6) is 2.09. The number of aryl methyl sites for hydroxylation is 3. The second-order valence-corrected chi connectivity index (χ2v) is 5.50. The van der Waals surface area contributed by atoms with E-state index in [2.05, 4.69) is 25.1 Å². The Balaban J connectivity index is 1.97. The summed E-state index contributed by atoms with van der Waals surface area (Å²) >= 11 is 0. The van der Waals surface area contributed by atoms with Crippen LogP contribution >= 0.6 is 0 Å². The van der Waals surface area contributed by atoms with Crippen LogP contribution in [0.25, 0.3) is 17.8 Å². The first-order chi connectivity index (χ1) is 11.0. The minimum Gasteiger partial charge on any atom is -0.346 e. The molecule has 0 spiro atoms. The monoisotopic (exact) mass is 312 g/mol. The van der Waals surface area contributed by atoms with E-state index in [1.807, 2.05) is 56.6 Å². The van der Waals surface area contributed by atoms with Crippen LogP contribution in [0.3, 0.4) is 0 Å². The zero-order valence-corrected chi connectivity index (χ0v) is 14.0. The predicted octanol–water partition coefficient (Wildman–Crippen LogP) is 1.59. The third-order valence-corrected chi connectivity index (χ3v) is 3.50. The molecule has 3 rings (SSSR count). The van der Waals surface area contributed by atoms with Crippen LogP contribution in [0, 0.1) is 13.8 Å². The lowest BCUT2D eigenvalue weighted by Crippen LogP contribution is -2.11. The minimum atomic E-state index is 0.626. The Hall–Kier alpha value is -2.77. The number of hydrogen-bond donors (Lipinski definition) is 0. The molecular weight excluding hydrogens is 292 g/mol. The summed E-state index contributed by atoms with van der Waals surface area (Å²) in [6, 6.07) is 0. The third kappa shape index (κ3) is 2.79. The van der Waals surface area contributed by atoms with Crippen molar-refractivity contribution >= 4 is 23.7 Å². The quantitative estimate of drug-likeness (QED) is 0.728. The highest BCUT2D eigenvalue weighted by Gasteiger charge is 2.09. The van der Waals surface area contributed by atoms with Gasteiger partial charge in [0.05, 0.1) is 11.4 Å². The summed E-state index contributed by atoms with van der Waals surface area (Å²) in [5, 5.41) is 8.93. The van der Waals surface area contributed by atoms with E-state index < -0.39 is 0 Å². The Morgan fingerprint density at radius 3 is 2.57 bits per heavy atom. The van der Waals surface area contributed by atoms with E-state index in [4.69, 9.17) is 0 Å². The zero-order valence-electron chi connectivity index (χ0n) is 14.0. The number of rotatable bonds is 4. The van der Waals surface area contributed by atoms with Gasteiger partial charge in [-0.05, 0) is 32.9 Å². The highest BCUT2D eigenvalue weighted by Crippen LogP contribution is 2.12. The van der Waals surface area contributed by atoms with Crippen molar-refractivity contribution in [2.24, 2.45) is 0 Å². The Morgan fingerprint density at radius 1 is 1.13 bits per heavy atom. The molecule has 0 aromatic carbocycles. The average molecular weight is 312 g/mol. The fourth-order valence-corrected chi connectivity index (χ4v) is 2.22. The van der Waals surface area contributed by atoms with Gasteiger partial charge in [0.15, 0.2) is 17.3 Å². The lowest BCUT2D eigenvalue weighted by molar-refractivity contribution is 0.650. The SMILES string of the molecule is CCn1nc(N(C)C)nc1C=Cc1nc2c(C)ncc(C)n2n1. The molecule has 0 radical (unpaired) electrons. The first-order valence-corrected chi connectivity index (χ1v) is 7.48. The molecule has 0 aliphatic carbocycles. The molecule has 23 heavy (non-hydrogen) atoms. The van der Waals surface area contributed by atoms with Gasteiger partial charge in [-0.15, -0.1) is 10.2 Å². The largest absolute Gasteiger partial charge is 0.346 e. The first-order valence-electron chi connectivity index (χ1n) is 7.48. The molecule has 3 heterocycles. The van der Waals surface area contributed by atoms with Crippen LogP contribution in [0.4, 0.5) is 5.95 Å². The van der Waals surface area contributed by atoms with Crippen LogP contribution < -0.4 is 4.90 Å². The van der Waals surface area contributed by atoms with Crippen molar-refractivity contribution in [2.45, 2.75) is 27.3 Å². The summed E-state index contributed by atoms with van der Waals surface area (Å²) < 4.78 is 3.65. The zero-order chi connectivity index (χ0) is 16.6. The smallest absolute Gasteiger partial charge is 0.244 e. The molecule has 0 saturated carbocycles. The lowest BCUT2D eigenvalue weighted by atomic mass is 10.4. The molecule has 3 aromatic rings. The van der Waals surface area contributed by atoms with Gasteiger partial charge in [0.25, 0.3) is 0 Å². The molecule has 0 bridgehead atoms. The molecule has 8 heteroatoms. The molecule has 0 aliphatic heterocycles. The van der Waals surface area contributed by atoms with Crippen molar-refractivity contribution < 1.29 is 0 Å². The van der Waals surface area contributed by atoms with E-state index in [-0.39, 0.29) is 0 Å². The molecule has 0 N–H and O–H groups in total. The van der Waals surface area contributed by atoms with Gasteiger partial charge < -0.3 is 4.90 Å². The Kier molecular flexibility index (Phi) is 3.81. The maximum Gasteiger partial charge on any atom is 0.244 e. The summed E-state index contributed by atoms with van der Waals surface area (Å²) in [4.78, 5) is 15.2. The lowest BCUT2D eigenvalue weighted by Gasteiger charge is -2.03. The van der Waals surface area contributed by atoms with E-state index in [1.54, 1.807) is 10.7 Å². The second-order valence-electron chi connectivity index (χ2n) is 5.50. The fourth-order valence-electron chi connectivity index (χ4n) is 2.22. The summed E-state index contributed by atoms with van der Waals surface area (Å²) in [7, 11) is 3.84. The molecule has 120 valence electrons. The van der Waals surface area contributed by atoms with Gasteiger partial charge in [0, 0.05) is 26.8 Å². The standard InChI is InChI=1S/C15H20N8/c1-6-22-13(18-15(20-22)21(4)5)8-7-12-17-14-11(3)16-9-10(2)23(14)19-12/h7-9H,6H2,1-5H3. The number of nitrogens with zero attached hydrogens (tertiary/aromatic N) is 8. The molecule has 0 saturated heterocycles. The highest BCUT2D eigenvalue weighted by molar-refractivity contribution is 5.65. The Labute approximate surface area is 134 Å². The van der Waals surface area contributed by atoms with Crippen molar-refractivity contribution in [1.29, 1.82) is 0 Å². The minimum absolute atomic E-state index is 0.626.